The van der Waals surface area contributed by atoms with Crippen molar-refractivity contribution in [3.63, 3.8) is 0 Å². The minimum Gasteiger partial charge on any atom is -0.328 e. The Morgan fingerprint density at radius 2 is 1.79 bits per heavy atom. The van der Waals surface area contributed by atoms with Crippen LogP contribution in [0.2, 0.25) is 0 Å². The van der Waals surface area contributed by atoms with Gasteiger partial charge in [-0.05, 0) is 51.2 Å². The van der Waals surface area contributed by atoms with E-state index >= 15 is 0 Å². The number of likely N-dealkylation sites (tertiary alicyclic amines) is 1. The largest absolute Gasteiger partial charge is 0.328 e. The Balaban J connectivity index is 1.63. The summed E-state index contributed by atoms with van der Waals surface area (Å²) in [5.74, 6) is 0.380. The van der Waals surface area contributed by atoms with E-state index in [2.05, 4.69) is 29.1 Å². The Kier molecular flexibility index (Phi) is 3.34. The average molecular weight is 265 g/mol. The summed E-state index contributed by atoms with van der Waals surface area (Å²) in [6.45, 7) is 6.39. The van der Waals surface area contributed by atoms with Crippen LogP contribution in [0.4, 0.5) is 0 Å². The van der Waals surface area contributed by atoms with Gasteiger partial charge in [-0.3, -0.25) is 10.1 Å². The van der Waals surface area contributed by atoms with Crippen LogP contribution in [0.25, 0.3) is 0 Å². The van der Waals surface area contributed by atoms with Crippen molar-refractivity contribution in [3.8, 4) is 0 Å². The topological polar surface area (TPSA) is 35.6 Å². The molecule has 1 aliphatic carbocycles. The number of carbonyl (C=O) groups is 1. The summed E-state index contributed by atoms with van der Waals surface area (Å²) in [4.78, 5) is 17.1. The van der Waals surface area contributed by atoms with E-state index in [1.54, 1.807) is 0 Å². The van der Waals surface area contributed by atoms with Crippen LogP contribution in [0, 0.1) is 5.41 Å². The van der Waals surface area contributed by atoms with Gasteiger partial charge in [0.2, 0.25) is 5.91 Å². The molecule has 0 atom stereocenters. The molecule has 0 unspecified atom stereocenters. The maximum absolute atomic E-state index is 12.7. The van der Waals surface area contributed by atoms with Crippen LogP contribution < -0.4 is 5.32 Å². The van der Waals surface area contributed by atoms with E-state index in [1.165, 1.54) is 25.7 Å². The highest BCUT2D eigenvalue weighted by atomic mass is 16.2. The molecule has 19 heavy (non-hydrogen) atoms. The van der Waals surface area contributed by atoms with Crippen molar-refractivity contribution in [2.45, 2.75) is 51.0 Å². The van der Waals surface area contributed by atoms with E-state index in [4.69, 9.17) is 0 Å². The zero-order valence-electron chi connectivity index (χ0n) is 12.4. The van der Waals surface area contributed by atoms with Crippen molar-refractivity contribution in [1.82, 2.24) is 15.1 Å². The Labute approximate surface area is 116 Å². The summed E-state index contributed by atoms with van der Waals surface area (Å²) in [5.41, 5.74) is 0.135. The number of piperidine rings is 1. The predicted molar refractivity (Wildman–Crippen MR) is 75.8 cm³/mol. The molecule has 0 aromatic carbocycles. The number of nitrogens with one attached hydrogen (secondary N) is 1. The second-order valence-electron chi connectivity index (χ2n) is 7.24. The zero-order valence-corrected chi connectivity index (χ0v) is 12.4. The molecule has 1 saturated carbocycles. The van der Waals surface area contributed by atoms with Crippen molar-refractivity contribution >= 4 is 5.91 Å². The van der Waals surface area contributed by atoms with Crippen molar-refractivity contribution in [3.05, 3.63) is 0 Å². The summed E-state index contributed by atoms with van der Waals surface area (Å²) < 4.78 is 0. The molecule has 0 aromatic rings. The molecule has 4 nitrogen and oxygen atoms in total. The van der Waals surface area contributed by atoms with E-state index in [-0.39, 0.29) is 5.54 Å². The molecule has 3 rings (SSSR count). The summed E-state index contributed by atoms with van der Waals surface area (Å²) in [5, 5.41) is 3.51. The van der Waals surface area contributed by atoms with Crippen molar-refractivity contribution < 1.29 is 4.79 Å². The van der Waals surface area contributed by atoms with Crippen LogP contribution in [0.5, 0.6) is 0 Å². The molecule has 3 aliphatic rings. The molecule has 2 aliphatic heterocycles. The van der Waals surface area contributed by atoms with Gasteiger partial charge in [-0.1, -0.05) is 19.8 Å². The number of hydrogen-bond acceptors (Lipinski definition) is 3. The minimum atomic E-state index is -0.179. The van der Waals surface area contributed by atoms with Crippen LogP contribution >= 0.6 is 0 Å². The number of rotatable bonds is 2. The molecule has 1 spiro atoms. The third kappa shape index (κ3) is 2.40. The number of amides is 1. The van der Waals surface area contributed by atoms with Gasteiger partial charge in [0.25, 0.3) is 0 Å². The van der Waals surface area contributed by atoms with E-state index in [0.29, 0.717) is 11.3 Å². The molecule has 2 saturated heterocycles. The van der Waals surface area contributed by atoms with Gasteiger partial charge in [0.1, 0.15) is 0 Å². The first-order valence-corrected chi connectivity index (χ1v) is 7.76. The minimum absolute atomic E-state index is 0.179. The van der Waals surface area contributed by atoms with Crippen molar-refractivity contribution in [1.29, 1.82) is 0 Å². The van der Waals surface area contributed by atoms with Crippen molar-refractivity contribution in [2.75, 3.05) is 33.4 Å². The molecule has 108 valence electrons. The molecule has 1 amide bonds. The Morgan fingerprint density at radius 1 is 1.16 bits per heavy atom. The molecular formula is C15H27N3O. The molecule has 4 heteroatoms. The zero-order chi connectivity index (χ0) is 13.5. The maximum atomic E-state index is 12.7. The Hall–Kier alpha value is -0.610. The monoisotopic (exact) mass is 265 g/mol. The lowest BCUT2D eigenvalue weighted by Gasteiger charge is -2.40. The first-order chi connectivity index (χ1) is 9.03. The standard InChI is InChI=1S/C15H27N3O/c1-14(7-9-17(2)10-8-14)11-18-12-16-15(13(18)19)5-3-4-6-15/h16H,3-12H2,1-2H3. The Bertz CT molecular complexity index is 354. The third-order valence-electron chi connectivity index (χ3n) is 5.53. The van der Waals surface area contributed by atoms with Crippen molar-refractivity contribution in [2.24, 2.45) is 5.41 Å². The van der Waals surface area contributed by atoms with Crippen LogP contribution in [-0.4, -0.2) is 54.6 Å². The van der Waals surface area contributed by atoms with Gasteiger partial charge in [-0.25, -0.2) is 0 Å². The van der Waals surface area contributed by atoms with Gasteiger partial charge in [0, 0.05) is 6.54 Å². The normalized spacial score (nSPS) is 30.4. The summed E-state index contributed by atoms with van der Waals surface area (Å²) in [6.07, 6.45) is 6.91. The fourth-order valence-electron chi connectivity index (χ4n) is 3.97. The molecule has 0 bridgehead atoms. The number of carbonyl (C=O) groups excluding carboxylic acids is 1. The van der Waals surface area contributed by atoms with Gasteiger partial charge in [0.05, 0.1) is 12.2 Å². The fraction of sp³-hybridized carbons (Fsp3) is 0.933. The third-order valence-corrected chi connectivity index (χ3v) is 5.53. The van der Waals surface area contributed by atoms with E-state index in [0.717, 1.165) is 39.1 Å². The summed E-state index contributed by atoms with van der Waals surface area (Å²) in [6, 6.07) is 0. The van der Waals surface area contributed by atoms with Gasteiger partial charge < -0.3 is 9.80 Å². The SMILES string of the molecule is CN1CCC(C)(CN2CNC3(CCCC3)C2=O)CC1. The van der Waals surface area contributed by atoms with Gasteiger partial charge in [-0.15, -0.1) is 0 Å². The second kappa shape index (κ2) is 4.74. The molecule has 0 radical (unpaired) electrons. The Morgan fingerprint density at radius 3 is 2.42 bits per heavy atom. The average Bonchev–Trinajstić information content (AvgIpc) is 2.98. The lowest BCUT2D eigenvalue weighted by molar-refractivity contribution is -0.133. The highest BCUT2D eigenvalue weighted by Crippen LogP contribution is 2.37. The van der Waals surface area contributed by atoms with Crippen LogP contribution in [-0.2, 0) is 4.79 Å². The predicted octanol–water partition coefficient (Wildman–Crippen LogP) is 1.42. The molecule has 2 heterocycles. The van der Waals surface area contributed by atoms with Crippen LogP contribution in [0.3, 0.4) is 0 Å². The quantitative estimate of drug-likeness (QED) is 0.820. The van der Waals surface area contributed by atoms with Gasteiger partial charge >= 0.3 is 0 Å². The molecule has 3 fully saturated rings. The summed E-state index contributed by atoms with van der Waals surface area (Å²) >= 11 is 0. The van der Waals surface area contributed by atoms with Gasteiger partial charge in [-0.2, -0.15) is 0 Å². The van der Waals surface area contributed by atoms with Crippen LogP contribution in [0.15, 0.2) is 0 Å². The first-order valence-electron chi connectivity index (χ1n) is 7.76. The number of hydrogen-bond donors (Lipinski definition) is 1. The highest BCUT2D eigenvalue weighted by Gasteiger charge is 2.49. The van der Waals surface area contributed by atoms with Crippen LogP contribution in [0.1, 0.15) is 45.4 Å². The van der Waals surface area contributed by atoms with E-state index < -0.39 is 0 Å². The second-order valence-corrected chi connectivity index (χ2v) is 7.24. The fourth-order valence-corrected chi connectivity index (χ4v) is 3.97. The maximum Gasteiger partial charge on any atom is 0.243 e. The molecule has 1 N–H and O–H groups in total. The van der Waals surface area contributed by atoms with E-state index in [1.807, 2.05) is 0 Å². The lowest BCUT2D eigenvalue weighted by atomic mass is 9.80. The summed E-state index contributed by atoms with van der Waals surface area (Å²) in [7, 11) is 2.19. The van der Waals surface area contributed by atoms with Gasteiger partial charge in [0.15, 0.2) is 0 Å². The molecular weight excluding hydrogens is 238 g/mol. The van der Waals surface area contributed by atoms with E-state index in [9.17, 15) is 4.79 Å². The number of nitrogens with zero attached hydrogens (tertiary/aromatic N) is 2. The first kappa shape index (κ1) is 13.4. The lowest BCUT2D eigenvalue weighted by Crippen LogP contribution is -2.47. The smallest absolute Gasteiger partial charge is 0.243 e. The highest BCUT2D eigenvalue weighted by molar-refractivity contribution is 5.88. The molecule has 0 aromatic heterocycles.